The second-order valence-corrected chi connectivity index (χ2v) is 35.0. The molecule has 0 aliphatic heterocycles. The van der Waals surface area contributed by atoms with E-state index in [2.05, 4.69) is 116 Å². The molecule has 6 N–H and O–H groups in total. The minimum atomic E-state index is -4.56. The highest BCUT2D eigenvalue weighted by Crippen LogP contribution is 2.46. The molecule has 0 bridgehead atoms. The van der Waals surface area contributed by atoms with E-state index in [1.165, 1.54) is 58.9 Å². The maximum atomic E-state index is 13.3. The molecule has 0 atom stereocenters. The summed E-state index contributed by atoms with van der Waals surface area (Å²) in [6.07, 6.45) is -1.87. The van der Waals surface area contributed by atoms with Crippen molar-refractivity contribution >= 4 is 69.6 Å². The van der Waals surface area contributed by atoms with Gasteiger partial charge in [0.1, 0.15) is 85.6 Å². The Morgan fingerprint density at radius 1 is 0.294 bits per heavy atom. The van der Waals surface area contributed by atoms with Gasteiger partial charge in [0.25, 0.3) is 6.43 Å². The Morgan fingerprint density at radius 2 is 0.552 bits per heavy atom. The molecular weight excluding hydrogens is 1820 g/mol. The molecule has 6 amide bonds. The zero-order valence-electron chi connectivity index (χ0n) is 86.4. The average Bonchev–Trinajstić information content (AvgIpc) is 1.79. The number of rotatable bonds is 36. The van der Waals surface area contributed by atoms with Gasteiger partial charge in [0.2, 0.25) is 35.4 Å². The van der Waals surface area contributed by atoms with Crippen molar-refractivity contribution in [2.75, 3.05) is 45.6 Å². The SMILES string of the molecule is CCC(=O)Nc1c(CC)cccc1COc1ccc(C)cc1C.CCC(=O)Nc1c(COc2ccc(C)cc2C)cccc1C(F)(F)F.CCC(=O)Nc1c(COc2ccc(C)cc2C)cccc1C(F)F.CCC(=O)Nc1c(COc2ccc(C)cc2C)cccc1C1CC1.CCC(=O)Nc1c(COc2ccc(C)cc2C)cccc1OC.CCOc1cccc(COc2ccc(C)cc2C)c1NC(=O)CC. The molecule has 0 heterocycles. The first kappa shape index (κ1) is 114. The van der Waals surface area contributed by atoms with Gasteiger partial charge in [0.05, 0.1) is 53.4 Å². The first-order valence-electron chi connectivity index (χ1n) is 48.6. The van der Waals surface area contributed by atoms with E-state index >= 15 is 0 Å². The molecule has 143 heavy (non-hydrogen) atoms. The fourth-order valence-electron chi connectivity index (χ4n) is 15.2. The van der Waals surface area contributed by atoms with E-state index in [4.69, 9.17) is 37.9 Å². The van der Waals surface area contributed by atoms with E-state index in [-0.39, 0.29) is 78.1 Å². The number of anilines is 6. The molecule has 0 saturated heterocycles. The molecule has 13 rings (SSSR count). The molecule has 0 aromatic heterocycles. The highest BCUT2D eigenvalue weighted by atomic mass is 19.4. The van der Waals surface area contributed by atoms with Crippen LogP contribution in [0.3, 0.4) is 0 Å². The third-order valence-corrected chi connectivity index (χ3v) is 23.2. The number of ether oxygens (including phenoxy) is 8. The maximum Gasteiger partial charge on any atom is 0.418 e. The molecule has 25 heteroatoms. The normalized spacial score (nSPS) is 11.1. The van der Waals surface area contributed by atoms with Crippen molar-refractivity contribution < 1.29 is 88.6 Å². The molecule has 12 aromatic rings. The number of aryl methyl sites for hydroxylation is 13. The second-order valence-electron chi connectivity index (χ2n) is 35.0. The first-order chi connectivity index (χ1) is 68.4. The molecule has 1 aliphatic carbocycles. The number of hydrogen-bond donors (Lipinski definition) is 6. The molecule has 1 aliphatic rings. The van der Waals surface area contributed by atoms with Gasteiger partial charge in [-0.1, -0.05) is 246 Å². The summed E-state index contributed by atoms with van der Waals surface area (Å²) < 4.78 is 113. The lowest BCUT2D eigenvalue weighted by molar-refractivity contribution is -0.137. The summed E-state index contributed by atoms with van der Waals surface area (Å²) in [5.41, 5.74) is 22.4. The van der Waals surface area contributed by atoms with Gasteiger partial charge in [-0.25, -0.2) is 8.78 Å². The number of amides is 6. The van der Waals surface area contributed by atoms with Gasteiger partial charge >= 0.3 is 6.18 Å². The van der Waals surface area contributed by atoms with Crippen LogP contribution in [0.5, 0.6) is 46.0 Å². The lowest BCUT2D eigenvalue weighted by atomic mass is 10.0. The third-order valence-electron chi connectivity index (χ3n) is 23.2. The fourth-order valence-corrected chi connectivity index (χ4v) is 15.2. The molecule has 0 unspecified atom stereocenters. The van der Waals surface area contributed by atoms with Crippen molar-refractivity contribution in [1.29, 1.82) is 0 Å². The van der Waals surface area contributed by atoms with Gasteiger partial charge in [-0.05, 0) is 214 Å². The summed E-state index contributed by atoms with van der Waals surface area (Å²) in [6.45, 7) is 41.0. The molecule has 760 valence electrons. The molecule has 20 nitrogen and oxygen atoms in total. The van der Waals surface area contributed by atoms with Crippen LogP contribution in [0.15, 0.2) is 218 Å². The van der Waals surface area contributed by atoms with Crippen LogP contribution in [0.4, 0.5) is 56.1 Å². The largest absolute Gasteiger partial charge is 0.495 e. The molecule has 0 radical (unpaired) electrons. The number of carbonyl (C=O) groups excluding carboxylic acids is 6. The Hall–Kier alpha value is -14.5. The zero-order valence-corrected chi connectivity index (χ0v) is 86.4. The number of alkyl halides is 5. The van der Waals surface area contributed by atoms with Crippen molar-refractivity contribution in [3.05, 3.63) is 341 Å². The number of hydrogen-bond acceptors (Lipinski definition) is 14. The van der Waals surface area contributed by atoms with Crippen molar-refractivity contribution in [3.8, 4) is 46.0 Å². The van der Waals surface area contributed by atoms with E-state index in [1.807, 2.05) is 217 Å². The molecule has 0 spiro atoms. The molecular formula is C118H139F5N6O14. The van der Waals surface area contributed by atoms with Crippen LogP contribution in [0, 0.1) is 83.1 Å². The topological polar surface area (TPSA) is 248 Å². The maximum absolute atomic E-state index is 13.3. The monoisotopic (exact) mass is 1960 g/mol. The van der Waals surface area contributed by atoms with E-state index < -0.39 is 24.1 Å². The first-order valence-corrected chi connectivity index (χ1v) is 48.6. The second kappa shape index (κ2) is 56.8. The Morgan fingerprint density at radius 3 is 0.860 bits per heavy atom. The molecule has 1 fully saturated rings. The number of methoxy groups -OCH3 is 1. The Balaban J connectivity index is 0.000000210. The van der Waals surface area contributed by atoms with E-state index in [0.29, 0.717) is 105 Å². The van der Waals surface area contributed by atoms with Crippen molar-refractivity contribution in [2.24, 2.45) is 0 Å². The molecule has 12 aromatic carbocycles. The molecule has 1 saturated carbocycles. The van der Waals surface area contributed by atoms with Gasteiger partial charge in [0.15, 0.2) is 0 Å². The van der Waals surface area contributed by atoms with Gasteiger partial charge in [-0.15, -0.1) is 0 Å². The zero-order chi connectivity index (χ0) is 105. The summed E-state index contributed by atoms with van der Waals surface area (Å²) in [6, 6.07) is 67.8. The summed E-state index contributed by atoms with van der Waals surface area (Å²) in [5.74, 6) is 5.81. The van der Waals surface area contributed by atoms with E-state index in [0.717, 1.165) is 119 Å². The summed E-state index contributed by atoms with van der Waals surface area (Å²) in [4.78, 5) is 70.7. The fraction of sp³-hybridized carbons (Fsp3) is 0.339. The van der Waals surface area contributed by atoms with Crippen molar-refractivity contribution in [3.63, 3.8) is 0 Å². The van der Waals surface area contributed by atoms with Crippen LogP contribution in [0.25, 0.3) is 0 Å². The summed E-state index contributed by atoms with van der Waals surface area (Å²) in [5, 5.41) is 16.9. The summed E-state index contributed by atoms with van der Waals surface area (Å²) >= 11 is 0. The van der Waals surface area contributed by atoms with Crippen LogP contribution in [-0.2, 0) is 81.0 Å². The van der Waals surface area contributed by atoms with Gasteiger partial charge in [-0.2, -0.15) is 13.2 Å². The highest BCUT2D eigenvalue weighted by molar-refractivity contribution is 5.96. The smallest absolute Gasteiger partial charge is 0.418 e. The lowest BCUT2D eigenvalue weighted by Crippen LogP contribution is -2.18. The predicted molar refractivity (Wildman–Crippen MR) is 563 cm³/mol. The minimum Gasteiger partial charge on any atom is -0.495 e. The van der Waals surface area contributed by atoms with Gasteiger partial charge < -0.3 is 69.8 Å². The lowest BCUT2D eigenvalue weighted by Gasteiger charge is -2.18. The number of benzene rings is 12. The predicted octanol–water partition coefficient (Wildman–Crippen LogP) is 29.2. The quantitative estimate of drug-likeness (QED) is 0.0200. The number of halogens is 5. The van der Waals surface area contributed by atoms with Crippen LogP contribution in [0.1, 0.15) is 241 Å². The average molecular weight is 1960 g/mol. The highest BCUT2D eigenvalue weighted by Gasteiger charge is 2.35. The van der Waals surface area contributed by atoms with Crippen molar-refractivity contribution in [1.82, 2.24) is 0 Å². The van der Waals surface area contributed by atoms with Crippen molar-refractivity contribution in [2.45, 2.75) is 254 Å². The number of para-hydroxylation sites is 6. The van der Waals surface area contributed by atoms with Crippen LogP contribution in [-0.4, -0.2) is 49.2 Å². The van der Waals surface area contributed by atoms with Gasteiger partial charge in [-0.3, -0.25) is 28.8 Å². The van der Waals surface area contributed by atoms with Gasteiger partial charge in [0, 0.05) is 77.5 Å². The van der Waals surface area contributed by atoms with Crippen LogP contribution >= 0.6 is 0 Å². The van der Waals surface area contributed by atoms with E-state index in [1.54, 1.807) is 39.2 Å². The Bertz CT molecular complexity index is 6050. The Kier molecular flexibility index (Phi) is 45.2. The third kappa shape index (κ3) is 35.6. The van der Waals surface area contributed by atoms with Crippen LogP contribution in [0.2, 0.25) is 0 Å². The Labute approximate surface area is 840 Å². The standard InChI is InChI=1S/C21H25NO2.C20H25NO3.C20H25NO2.C19H20F3NO2.C19H21F2NO2.C19H23NO3/c1-4-20(23)22-21-17(6-5-7-18(21)16-9-10-16)13-24-19-11-8-14(2)12-15(19)3;1-5-19(22)21-20-16(8-7-9-18(20)23-6-2)13-24-17-11-10-14(3)12-15(17)4;1-5-16-8-7-9-17(20(16)21-19(22)6-2)13-23-18-11-10-14(3)12-15(18)4;1-4-17(24)23-18-14(6-5-7-15(18)19(20,21)22)11-25-16-9-8-12(2)10-13(16)3;1-4-17(23)22-18-14(6-5-7-15(18)19(20)21)11-24-16-9-8-12(2)10-13(16)3;1-5-18(21)20-19-15(7-6-8-17(19)22-4)12-23-16-10-9-13(2)11-14(16)3/h5-8,11-12,16H,4,9-10,13H2,1-3H3,(H,22,23);7-12H,5-6,13H2,1-4H3,(H,21,22);7-12H,5-6,13H2,1-4H3,(H,21,22);5-10H,4,11H2,1-3H3,(H,23,24);5-10,19H,4,11H2,1-3H3,(H,22,23);6-11H,5,12H2,1-4H3,(H,20,21). The van der Waals surface area contributed by atoms with Crippen LogP contribution < -0.4 is 69.8 Å². The summed E-state index contributed by atoms with van der Waals surface area (Å²) in [7, 11) is 1.59. The number of nitrogens with one attached hydrogen (secondary N) is 6. The van der Waals surface area contributed by atoms with E-state index in [9.17, 15) is 50.7 Å². The minimum absolute atomic E-state index is 0.0265. The number of carbonyl (C=O) groups is 6.